The number of nitrogens with zero attached hydrogens (tertiary/aromatic N) is 1. The molecule has 0 atom stereocenters. The first-order valence-electron chi connectivity index (χ1n) is 9.69. The molecule has 3 aromatic rings. The quantitative estimate of drug-likeness (QED) is 0.353. The second kappa shape index (κ2) is 6.37. The van der Waals surface area contributed by atoms with Gasteiger partial charge in [-0.25, -0.2) is 0 Å². The van der Waals surface area contributed by atoms with E-state index in [1.165, 1.54) is 12.1 Å². The van der Waals surface area contributed by atoms with Gasteiger partial charge in [0.25, 0.3) is 5.69 Å². The highest BCUT2D eigenvalue weighted by atomic mass is 16.6. The van der Waals surface area contributed by atoms with Crippen molar-refractivity contribution >= 4 is 28.5 Å². The van der Waals surface area contributed by atoms with Crippen LogP contribution in [-0.4, -0.2) is 27.8 Å². The average Bonchev–Trinajstić information content (AvgIpc) is 3.00. The first-order valence-corrected chi connectivity index (χ1v) is 9.69. The number of hydrogen-bond donors (Lipinski definition) is 4. The van der Waals surface area contributed by atoms with Crippen LogP contribution >= 0.6 is 0 Å². The molecule has 0 aliphatic heterocycles. The Labute approximate surface area is 177 Å². The molecule has 5 rings (SSSR count). The van der Waals surface area contributed by atoms with E-state index in [1.54, 1.807) is 54.6 Å². The van der Waals surface area contributed by atoms with E-state index in [0.717, 1.165) is 0 Å². The molecule has 0 saturated heterocycles. The molecule has 2 aliphatic rings. The number of nitrogens with one attached hydrogen (secondary N) is 4. The molecule has 0 saturated carbocycles. The summed E-state index contributed by atoms with van der Waals surface area (Å²) in [6.07, 6.45) is 0.111. The monoisotopic (exact) mass is 407 g/mol. The van der Waals surface area contributed by atoms with Gasteiger partial charge in [-0.15, -0.1) is 0 Å². The second-order valence-electron chi connectivity index (χ2n) is 7.72. The van der Waals surface area contributed by atoms with Crippen LogP contribution in [-0.2, 0) is 11.8 Å². The molecule has 0 unspecified atom stereocenters. The van der Waals surface area contributed by atoms with Gasteiger partial charge in [0.1, 0.15) is 5.41 Å². The predicted molar refractivity (Wildman–Crippen MR) is 119 cm³/mol. The number of benzene rings is 3. The zero-order chi connectivity index (χ0) is 21.9. The summed E-state index contributed by atoms with van der Waals surface area (Å²) in [5.41, 5.74) is 2.05. The first-order chi connectivity index (χ1) is 14.9. The van der Waals surface area contributed by atoms with Gasteiger partial charge < -0.3 is 21.6 Å². The number of non-ortho nitro benzene ring substituents is 1. The molecule has 150 valence electrons. The molecular weight excluding hydrogens is 390 g/mol. The Morgan fingerprint density at radius 1 is 0.742 bits per heavy atom. The SMILES string of the molecule is N=C1Cc2cc([N+](=O)[O-])ccc2C2(C(=N)c3ccccc31)C(=N)c1ccccc1C2=N. The average molecular weight is 407 g/mol. The third-order valence-corrected chi connectivity index (χ3v) is 6.18. The van der Waals surface area contributed by atoms with Crippen LogP contribution < -0.4 is 0 Å². The van der Waals surface area contributed by atoms with Crippen molar-refractivity contribution in [1.82, 2.24) is 0 Å². The van der Waals surface area contributed by atoms with Crippen LogP contribution in [0.3, 0.4) is 0 Å². The van der Waals surface area contributed by atoms with Crippen LogP contribution in [0.4, 0.5) is 5.69 Å². The fourth-order valence-corrected chi connectivity index (χ4v) is 4.76. The lowest BCUT2D eigenvalue weighted by Gasteiger charge is -2.35. The molecule has 3 aromatic carbocycles. The summed E-state index contributed by atoms with van der Waals surface area (Å²) in [6.45, 7) is 0. The lowest BCUT2D eigenvalue weighted by molar-refractivity contribution is -0.384. The fraction of sp³-hybridized carbons (Fsp3) is 0.0833. The Hall–Kier alpha value is -4.26. The lowest BCUT2D eigenvalue weighted by atomic mass is 9.65. The summed E-state index contributed by atoms with van der Waals surface area (Å²) in [6, 6.07) is 18.5. The van der Waals surface area contributed by atoms with Crippen molar-refractivity contribution in [3.05, 3.63) is 110 Å². The summed E-state index contributed by atoms with van der Waals surface area (Å²) in [7, 11) is 0. The molecule has 0 heterocycles. The molecule has 7 nitrogen and oxygen atoms in total. The van der Waals surface area contributed by atoms with Crippen molar-refractivity contribution in [2.75, 3.05) is 0 Å². The summed E-state index contributed by atoms with van der Waals surface area (Å²) in [5, 5.41) is 47.5. The molecular formula is C24H17N5O2. The van der Waals surface area contributed by atoms with E-state index < -0.39 is 10.3 Å². The van der Waals surface area contributed by atoms with Gasteiger partial charge in [-0.2, -0.15) is 0 Å². The zero-order valence-corrected chi connectivity index (χ0v) is 16.3. The van der Waals surface area contributed by atoms with Gasteiger partial charge in [0.2, 0.25) is 0 Å². The van der Waals surface area contributed by atoms with Gasteiger partial charge in [0.15, 0.2) is 0 Å². The van der Waals surface area contributed by atoms with Crippen LogP contribution in [0.1, 0.15) is 33.4 Å². The van der Waals surface area contributed by atoms with Gasteiger partial charge in [-0.05, 0) is 11.1 Å². The Kier molecular flexibility index (Phi) is 3.85. The lowest BCUT2D eigenvalue weighted by Crippen LogP contribution is -2.48. The largest absolute Gasteiger partial charge is 0.304 e. The van der Waals surface area contributed by atoms with Crippen molar-refractivity contribution in [2.45, 2.75) is 11.8 Å². The van der Waals surface area contributed by atoms with Gasteiger partial charge in [0, 0.05) is 46.5 Å². The number of rotatable bonds is 1. The summed E-state index contributed by atoms with van der Waals surface area (Å²) < 4.78 is 0. The van der Waals surface area contributed by atoms with Gasteiger partial charge in [-0.3, -0.25) is 10.1 Å². The standard InChI is InChI=1S/C24H17N5O2/c25-20-12-13-11-14(29(30)31)9-10-19(13)24(21(26)16-6-2-1-5-15(16)20)22(27)17-7-3-4-8-18(17)23(24)28/h1-11,25-28H,12H2. The normalized spacial score (nSPS) is 19.5. The molecule has 7 heteroatoms. The minimum absolute atomic E-state index is 0.0360. The topological polar surface area (TPSA) is 139 Å². The highest BCUT2D eigenvalue weighted by Crippen LogP contribution is 2.45. The molecule has 0 bridgehead atoms. The molecule has 4 N–H and O–H groups in total. The maximum atomic E-state index is 11.4. The minimum Gasteiger partial charge on any atom is -0.304 e. The van der Waals surface area contributed by atoms with Crippen LogP contribution in [0.5, 0.6) is 0 Å². The summed E-state index contributed by atoms with van der Waals surface area (Å²) >= 11 is 0. The van der Waals surface area contributed by atoms with E-state index in [0.29, 0.717) is 33.4 Å². The van der Waals surface area contributed by atoms with Crippen molar-refractivity contribution in [1.29, 1.82) is 21.6 Å². The third-order valence-electron chi connectivity index (χ3n) is 6.18. The van der Waals surface area contributed by atoms with E-state index >= 15 is 0 Å². The third kappa shape index (κ3) is 2.34. The van der Waals surface area contributed by atoms with E-state index in [9.17, 15) is 15.5 Å². The van der Waals surface area contributed by atoms with Crippen LogP contribution in [0.25, 0.3) is 0 Å². The molecule has 2 aliphatic carbocycles. The highest BCUT2D eigenvalue weighted by molar-refractivity contribution is 6.48. The number of nitro benzene ring substituents is 1. The highest BCUT2D eigenvalue weighted by Gasteiger charge is 2.54. The van der Waals surface area contributed by atoms with Crippen molar-refractivity contribution in [3.8, 4) is 0 Å². The smallest absolute Gasteiger partial charge is 0.269 e. The van der Waals surface area contributed by atoms with E-state index in [1.807, 2.05) is 0 Å². The van der Waals surface area contributed by atoms with Crippen molar-refractivity contribution < 1.29 is 4.92 Å². The maximum absolute atomic E-state index is 11.4. The van der Waals surface area contributed by atoms with E-state index in [2.05, 4.69) is 0 Å². The molecule has 0 amide bonds. The number of nitro groups is 1. The van der Waals surface area contributed by atoms with Crippen molar-refractivity contribution in [3.63, 3.8) is 0 Å². The van der Waals surface area contributed by atoms with Crippen molar-refractivity contribution in [2.24, 2.45) is 0 Å². The summed E-state index contributed by atoms with van der Waals surface area (Å²) in [5.74, 6) is 0. The van der Waals surface area contributed by atoms with Crippen LogP contribution in [0.2, 0.25) is 0 Å². The van der Waals surface area contributed by atoms with E-state index in [-0.39, 0.29) is 35.0 Å². The van der Waals surface area contributed by atoms with Gasteiger partial charge in [-0.1, -0.05) is 54.6 Å². The fourth-order valence-electron chi connectivity index (χ4n) is 4.76. The molecule has 31 heavy (non-hydrogen) atoms. The number of fused-ring (bicyclic) bond motifs is 4. The minimum atomic E-state index is -1.50. The molecule has 1 spiro atoms. The van der Waals surface area contributed by atoms with Gasteiger partial charge >= 0.3 is 0 Å². The maximum Gasteiger partial charge on any atom is 0.269 e. The molecule has 0 fully saturated rings. The van der Waals surface area contributed by atoms with E-state index in [4.69, 9.17) is 16.2 Å². The summed E-state index contributed by atoms with van der Waals surface area (Å²) in [4.78, 5) is 10.9. The Morgan fingerprint density at radius 2 is 1.23 bits per heavy atom. The molecule has 0 aromatic heterocycles. The Morgan fingerprint density at radius 3 is 1.74 bits per heavy atom. The zero-order valence-electron chi connectivity index (χ0n) is 16.3. The Balaban J connectivity index is 1.90. The number of hydrogen-bond acceptors (Lipinski definition) is 6. The second-order valence-corrected chi connectivity index (χ2v) is 7.72. The van der Waals surface area contributed by atoms with Crippen LogP contribution in [0.15, 0.2) is 66.7 Å². The molecule has 0 radical (unpaired) electrons. The first kappa shape index (κ1) is 18.7. The predicted octanol–water partition coefficient (Wildman–Crippen LogP) is 4.27. The van der Waals surface area contributed by atoms with Crippen LogP contribution in [0, 0.1) is 31.8 Å². The Bertz CT molecular complexity index is 1340. The van der Waals surface area contributed by atoms with Gasteiger partial charge in [0.05, 0.1) is 22.1 Å².